The summed E-state index contributed by atoms with van der Waals surface area (Å²) in [5, 5.41) is 7.00. The number of rotatable bonds is 3. The number of aromatic nitrogens is 1. The van der Waals surface area contributed by atoms with Gasteiger partial charge in [-0.25, -0.2) is 4.98 Å². The third-order valence-electron chi connectivity index (χ3n) is 3.79. The van der Waals surface area contributed by atoms with E-state index in [1.807, 2.05) is 0 Å². The maximum Gasteiger partial charge on any atom is 0.110 e. The maximum absolute atomic E-state index is 4.82. The first kappa shape index (κ1) is 12.8. The Morgan fingerprint density at radius 3 is 2.79 bits per heavy atom. The quantitative estimate of drug-likeness (QED) is 0.906. The van der Waals surface area contributed by atoms with Gasteiger partial charge in [0.15, 0.2) is 0 Å². The van der Waals surface area contributed by atoms with E-state index >= 15 is 0 Å². The number of piperidine rings is 1. The van der Waals surface area contributed by atoms with Gasteiger partial charge < -0.3 is 5.32 Å². The number of hydrogen-bond acceptors (Lipinski definition) is 3. The van der Waals surface area contributed by atoms with E-state index in [1.54, 1.807) is 11.3 Å². The minimum atomic E-state index is 0.474. The van der Waals surface area contributed by atoms with Gasteiger partial charge in [0.2, 0.25) is 0 Å². The van der Waals surface area contributed by atoms with Gasteiger partial charge >= 0.3 is 0 Å². The molecule has 3 rings (SSSR count). The lowest BCUT2D eigenvalue weighted by Crippen LogP contribution is -2.26. The summed E-state index contributed by atoms with van der Waals surface area (Å²) in [4.78, 5) is 4.82. The van der Waals surface area contributed by atoms with Crippen molar-refractivity contribution in [2.45, 2.75) is 38.6 Å². The molecule has 19 heavy (non-hydrogen) atoms. The van der Waals surface area contributed by atoms with Crippen LogP contribution in [0.5, 0.6) is 0 Å². The fourth-order valence-electron chi connectivity index (χ4n) is 2.55. The van der Waals surface area contributed by atoms with Gasteiger partial charge in [-0.05, 0) is 31.4 Å². The van der Waals surface area contributed by atoms with Crippen molar-refractivity contribution in [1.82, 2.24) is 10.3 Å². The molecule has 0 amide bonds. The zero-order chi connectivity index (χ0) is 13.1. The third kappa shape index (κ3) is 2.88. The van der Waals surface area contributed by atoms with Crippen molar-refractivity contribution in [3.05, 3.63) is 40.2 Å². The molecule has 1 aromatic heterocycles. The molecule has 0 saturated carbocycles. The lowest BCUT2D eigenvalue weighted by molar-refractivity contribution is 0.411. The lowest BCUT2D eigenvalue weighted by atomic mass is 10.1. The van der Waals surface area contributed by atoms with Crippen molar-refractivity contribution in [3.8, 4) is 11.3 Å². The van der Waals surface area contributed by atoms with Crippen LogP contribution in [0, 0.1) is 0 Å². The van der Waals surface area contributed by atoms with E-state index in [4.69, 9.17) is 4.98 Å². The maximum atomic E-state index is 4.82. The highest BCUT2D eigenvalue weighted by atomic mass is 32.1. The Morgan fingerprint density at radius 1 is 1.26 bits per heavy atom. The summed E-state index contributed by atoms with van der Waals surface area (Å²) in [5.41, 5.74) is 3.73. The van der Waals surface area contributed by atoms with Crippen LogP contribution in [-0.2, 0) is 6.42 Å². The first-order valence-corrected chi connectivity index (χ1v) is 8.03. The monoisotopic (exact) mass is 272 g/mol. The molecule has 1 N–H and O–H groups in total. The van der Waals surface area contributed by atoms with Crippen LogP contribution in [0.15, 0.2) is 29.6 Å². The fourth-order valence-corrected chi connectivity index (χ4v) is 3.49. The zero-order valence-corrected chi connectivity index (χ0v) is 12.2. The largest absolute Gasteiger partial charge is 0.308 e. The van der Waals surface area contributed by atoms with Gasteiger partial charge in [-0.3, -0.25) is 0 Å². The zero-order valence-electron chi connectivity index (χ0n) is 11.4. The summed E-state index contributed by atoms with van der Waals surface area (Å²) in [6.07, 6.45) is 4.93. The van der Waals surface area contributed by atoms with Crippen molar-refractivity contribution in [3.63, 3.8) is 0 Å². The molecule has 100 valence electrons. The van der Waals surface area contributed by atoms with Gasteiger partial charge in [0.05, 0.1) is 11.7 Å². The lowest BCUT2D eigenvalue weighted by Gasteiger charge is -2.21. The van der Waals surface area contributed by atoms with Gasteiger partial charge in [-0.1, -0.05) is 37.6 Å². The topological polar surface area (TPSA) is 24.9 Å². The molecular formula is C16H20N2S. The van der Waals surface area contributed by atoms with Gasteiger partial charge in [0.1, 0.15) is 5.01 Å². The van der Waals surface area contributed by atoms with Crippen LogP contribution in [0.4, 0.5) is 0 Å². The number of aryl methyl sites for hydroxylation is 1. The van der Waals surface area contributed by atoms with E-state index in [2.05, 4.69) is 41.9 Å². The molecule has 0 aliphatic carbocycles. The molecule has 1 aromatic carbocycles. The van der Waals surface area contributed by atoms with Crippen molar-refractivity contribution in [2.75, 3.05) is 6.54 Å². The Labute approximate surface area is 118 Å². The van der Waals surface area contributed by atoms with Gasteiger partial charge in [-0.2, -0.15) is 0 Å². The molecule has 0 bridgehead atoms. The summed E-state index contributed by atoms with van der Waals surface area (Å²) in [6, 6.07) is 9.25. The number of thiazole rings is 1. The Morgan fingerprint density at radius 2 is 2.11 bits per heavy atom. The second-order valence-corrected chi connectivity index (χ2v) is 6.01. The summed E-state index contributed by atoms with van der Waals surface area (Å²) in [5.74, 6) is 0. The van der Waals surface area contributed by atoms with Crippen molar-refractivity contribution < 1.29 is 0 Å². The first-order chi connectivity index (χ1) is 9.36. The van der Waals surface area contributed by atoms with E-state index in [9.17, 15) is 0 Å². The molecule has 1 fully saturated rings. The smallest absolute Gasteiger partial charge is 0.110 e. The third-order valence-corrected chi connectivity index (χ3v) is 4.75. The minimum absolute atomic E-state index is 0.474. The highest BCUT2D eigenvalue weighted by Crippen LogP contribution is 2.29. The number of nitrogens with zero attached hydrogens (tertiary/aromatic N) is 1. The fraction of sp³-hybridized carbons (Fsp3) is 0.438. The van der Waals surface area contributed by atoms with Crippen molar-refractivity contribution in [1.29, 1.82) is 0 Å². The molecule has 1 aliphatic heterocycles. The van der Waals surface area contributed by atoms with Crippen LogP contribution in [-0.4, -0.2) is 11.5 Å². The highest BCUT2D eigenvalue weighted by Gasteiger charge is 2.18. The molecular weight excluding hydrogens is 252 g/mol. The van der Waals surface area contributed by atoms with E-state index in [0.717, 1.165) is 18.7 Å². The van der Waals surface area contributed by atoms with Crippen LogP contribution >= 0.6 is 11.3 Å². The van der Waals surface area contributed by atoms with Crippen LogP contribution in [0.3, 0.4) is 0 Å². The van der Waals surface area contributed by atoms with E-state index in [1.165, 1.54) is 35.4 Å². The number of benzene rings is 1. The SMILES string of the molecule is CCc1ccc(-c2csc(C3CCCCN3)n2)cc1. The molecule has 2 aromatic rings. The van der Waals surface area contributed by atoms with Crippen molar-refractivity contribution >= 4 is 11.3 Å². The highest BCUT2D eigenvalue weighted by molar-refractivity contribution is 7.10. The second kappa shape index (κ2) is 5.85. The Bertz CT molecular complexity index is 524. The second-order valence-electron chi connectivity index (χ2n) is 5.12. The molecule has 0 spiro atoms. The Kier molecular flexibility index (Phi) is 3.95. The molecule has 3 heteroatoms. The molecule has 1 atom stereocenters. The molecule has 1 saturated heterocycles. The Balaban J connectivity index is 1.79. The van der Waals surface area contributed by atoms with E-state index in [0.29, 0.717) is 6.04 Å². The standard InChI is InChI=1S/C16H20N2S/c1-2-12-6-8-13(9-7-12)15-11-19-16(18-15)14-5-3-4-10-17-14/h6-9,11,14,17H,2-5,10H2,1H3. The van der Waals surface area contributed by atoms with Crippen LogP contribution in [0.25, 0.3) is 11.3 Å². The molecule has 2 heterocycles. The first-order valence-electron chi connectivity index (χ1n) is 7.15. The van der Waals surface area contributed by atoms with Gasteiger partial charge in [0.25, 0.3) is 0 Å². The average molecular weight is 272 g/mol. The van der Waals surface area contributed by atoms with Crippen molar-refractivity contribution in [2.24, 2.45) is 0 Å². The summed E-state index contributed by atoms with van der Waals surface area (Å²) in [6.45, 7) is 3.31. The summed E-state index contributed by atoms with van der Waals surface area (Å²) < 4.78 is 0. The molecule has 1 unspecified atom stereocenters. The number of nitrogens with one attached hydrogen (secondary N) is 1. The normalized spacial score (nSPS) is 19.5. The van der Waals surface area contributed by atoms with Gasteiger partial charge in [0, 0.05) is 10.9 Å². The Hall–Kier alpha value is -1.19. The van der Waals surface area contributed by atoms with Crippen LogP contribution < -0.4 is 5.32 Å². The van der Waals surface area contributed by atoms with Crippen LogP contribution in [0.1, 0.15) is 42.8 Å². The molecule has 2 nitrogen and oxygen atoms in total. The number of hydrogen-bond donors (Lipinski definition) is 1. The predicted octanol–water partition coefficient (Wildman–Crippen LogP) is 4.19. The molecule has 0 radical (unpaired) electrons. The van der Waals surface area contributed by atoms with Gasteiger partial charge in [-0.15, -0.1) is 11.3 Å². The predicted molar refractivity (Wildman–Crippen MR) is 81.5 cm³/mol. The van der Waals surface area contributed by atoms with Crippen LogP contribution in [0.2, 0.25) is 0 Å². The summed E-state index contributed by atoms with van der Waals surface area (Å²) >= 11 is 1.79. The minimum Gasteiger partial charge on any atom is -0.308 e. The average Bonchev–Trinajstić information content (AvgIpc) is 2.98. The van der Waals surface area contributed by atoms with E-state index < -0.39 is 0 Å². The molecule has 1 aliphatic rings. The summed E-state index contributed by atoms with van der Waals surface area (Å²) in [7, 11) is 0. The van der Waals surface area contributed by atoms with E-state index in [-0.39, 0.29) is 0 Å².